The number of rotatable bonds is 6. The lowest BCUT2D eigenvalue weighted by atomic mass is 9.85. The van der Waals surface area contributed by atoms with Gasteiger partial charge in [-0.15, -0.1) is 0 Å². The number of nitrogens with zero attached hydrogens (tertiary/aromatic N) is 1. The second-order valence-electron chi connectivity index (χ2n) is 5.93. The topological polar surface area (TPSA) is 66.6 Å². The second-order valence-corrected chi connectivity index (χ2v) is 5.93. The van der Waals surface area contributed by atoms with E-state index in [1.807, 2.05) is 0 Å². The van der Waals surface area contributed by atoms with Crippen molar-refractivity contribution in [2.24, 2.45) is 17.6 Å². The monoisotopic (exact) mass is 240 g/mol. The predicted molar refractivity (Wildman–Crippen MR) is 66.7 cm³/mol. The highest BCUT2D eigenvalue weighted by molar-refractivity contribution is 5.79. The highest BCUT2D eigenvalue weighted by atomic mass is 16.4. The van der Waals surface area contributed by atoms with Gasteiger partial charge >= 0.3 is 5.97 Å². The van der Waals surface area contributed by atoms with Crippen LogP contribution in [0.15, 0.2) is 0 Å². The van der Waals surface area contributed by atoms with Crippen molar-refractivity contribution in [3.63, 3.8) is 0 Å². The zero-order valence-electron chi connectivity index (χ0n) is 10.7. The molecule has 0 aromatic heterocycles. The average molecular weight is 240 g/mol. The van der Waals surface area contributed by atoms with E-state index >= 15 is 0 Å². The van der Waals surface area contributed by atoms with Gasteiger partial charge in [-0.3, -0.25) is 4.79 Å². The molecule has 2 rings (SSSR count). The summed E-state index contributed by atoms with van der Waals surface area (Å²) in [6, 6.07) is 0. The van der Waals surface area contributed by atoms with Crippen LogP contribution >= 0.6 is 0 Å². The van der Waals surface area contributed by atoms with Crippen LogP contribution in [0.5, 0.6) is 0 Å². The molecule has 4 heteroatoms. The number of aliphatic carboxylic acids is 1. The Balaban J connectivity index is 1.79. The summed E-state index contributed by atoms with van der Waals surface area (Å²) in [4.78, 5) is 13.6. The smallest absolute Gasteiger partial charge is 0.323 e. The molecule has 0 amide bonds. The van der Waals surface area contributed by atoms with E-state index in [4.69, 9.17) is 5.73 Å². The largest absolute Gasteiger partial charge is 0.480 e. The minimum atomic E-state index is -0.958. The van der Waals surface area contributed by atoms with Crippen LogP contribution in [0.2, 0.25) is 0 Å². The molecular formula is C13H24N2O2. The van der Waals surface area contributed by atoms with Crippen molar-refractivity contribution in [1.82, 2.24) is 4.90 Å². The van der Waals surface area contributed by atoms with Crippen molar-refractivity contribution in [2.45, 2.75) is 44.1 Å². The van der Waals surface area contributed by atoms with E-state index in [9.17, 15) is 9.90 Å². The number of nitrogens with two attached hydrogens (primary N) is 1. The van der Waals surface area contributed by atoms with Gasteiger partial charge in [0, 0.05) is 6.54 Å². The molecule has 0 radical (unpaired) electrons. The summed E-state index contributed by atoms with van der Waals surface area (Å²) in [6.07, 6.45) is 6.22. The molecule has 2 saturated carbocycles. The summed E-state index contributed by atoms with van der Waals surface area (Å²) in [5.41, 5.74) is 5.07. The molecular weight excluding hydrogens is 216 g/mol. The first-order valence-electron chi connectivity index (χ1n) is 6.73. The Labute approximate surface area is 103 Å². The SMILES string of the molecule is CN(CCC1CCCC1(N)C(=O)O)CC1CC1. The molecule has 0 aromatic carbocycles. The summed E-state index contributed by atoms with van der Waals surface area (Å²) in [5, 5.41) is 9.22. The molecule has 2 aliphatic carbocycles. The van der Waals surface area contributed by atoms with E-state index in [-0.39, 0.29) is 5.92 Å². The first kappa shape index (κ1) is 12.8. The fourth-order valence-corrected chi connectivity index (χ4v) is 2.99. The van der Waals surface area contributed by atoms with Crippen molar-refractivity contribution in [2.75, 3.05) is 20.1 Å². The molecule has 2 unspecified atom stereocenters. The third-order valence-electron chi connectivity index (χ3n) is 4.40. The molecule has 0 saturated heterocycles. The molecule has 2 atom stereocenters. The fraction of sp³-hybridized carbons (Fsp3) is 0.923. The maximum absolute atomic E-state index is 11.2. The van der Waals surface area contributed by atoms with Crippen molar-refractivity contribution >= 4 is 5.97 Å². The van der Waals surface area contributed by atoms with Gasteiger partial charge in [0.25, 0.3) is 0 Å². The summed E-state index contributed by atoms with van der Waals surface area (Å²) in [7, 11) is 2.13. The van der Waals surface area contributed by atoms with Crippen molar-refractivity contribution in [3.8, 4) is 0 Å². The third-order valence-corrected chi connectivity index (χ3v) is 4.40. The third kappa shape index (κ3) is 2.99. The molecule has 0 spiro atoms. The molecule has 0 bridgehead atoms. The van der Waals surface area contributed by atoms with Gasteiger partial charge in [0.1, 0.15) is 5.54 Å². The first-order chi connectivity index (χ1) is 8.02. The Hall–Kier alpha value is -0.610. The Morgan fingerprint density at radius 2 is 2.18 bits per heavy atom. The molecule has 2 aliphatic rings. The van der Waals surface area contributed by atoms with Crippen LogP contribution in [0.1, 0.15) is 38.5 Å². The minimum Gasteiger partial charge on any atom is -0.480 e. The lowest BCUT2D eigenvalue weighted by Gasteiger charge is -2.28. The van der Waals surface area contributed by atoms with Gasteiger partial charge in [0.05, 0.1) is 0 Å². The summed E-state index contributed by atoms with van der Waals surface area (Å²) in [5.74, 6) is 0.234. The minimum absolute atomic E-state index is 0.154. The highest BCUT2D eigenvalue weighted by Gasteiger charge is 2.45. The lowest BCUT2D eigenvalue weighted by molar-refractivity contribution is -0.144. The predicted octanol–water partition coefficient (Wildman–Crippen LogP) is 1.30. The molecule has 4 nitrogen and oxygen atoms in total. The summed E-state index contributed by atoms with van der Waals surface area (Å²) in [6.45, 7) is 2.14. The van der Waals surface area contributed by atoms with Crippen LogP contribution < -0.4 is 5.73 Å². The molecule has 0 aliphatic heterocycles. The van der Waals surface area contributed by atoms with E-state index in [0.29, 0.717) is 6.42 Å². The molecule has 3 N–H and O–H groups in total. The van der Waals surface area contributed by atoms with Crippen molar-refractivity contribution < 1.29 is 9.90 Å². The quantitative estimate of drug-likeness (QED) is 0.734. The van der Waals surface area contributed by atoms with Gasteiger partial charge in [0.2, 0.25) is 0 Å². The van der Waals surface area contributed by atoms with Crippen LogP contribution in [-0.4, -0.2) is 41.7 Å². The van der Waals surface area contributed by atoms with E-state index < -0.39 is 11.5 Å². The molecule has 0 aromatic rings. The van der Waals surface area contributed by atoms with Gasteiger partial charge in [-0.05, 0) is 57.5 Å². The Kier molecular flexibility index (Phi) is 3.73. The zero-order chi connectivity index (χ0) is 12.5. The normalized spacial score (nSPS) is 33.2. The average Bonchev–Trinajstić information content (AvgIpc) is 2.98. The lowest BCUT2D eigenvalue weighted by Crippen LogP contribution is -2.51. The van der Waals surface area contributed by atoms with Crippen molar-refractivity contribution in [3.05, 3.63) is 0 Å². The number of hydrogen-bond acceptors (Lipinski definition) is 3. The summed E-state index contributed by atoms with van der Waals surface area (Å²) >= 11 is 0. The van der Waals surface area contributed by atoms with E-state index in [0.717, 1.165) is 38.3 Å². The van der Waals surface area contributed by atoms with Crippen LogP contribution in [0.25, 0.3) is 0 Å². The standard InChI is InChI=1S/C13H24N2O2/c1-15(9-10-4-5-10)8-6-11-3-2-7-13(11,14)12(16)17/h10-11H,2-9,14H2,1H3,(H,16,17). The van der Waals surface area contributed by atoms with Crippen LogP contribution in [0, 0.1) is 11.8 Å². The van der Waals surface area contributed by atoms with Crippen molar-refractivity contribution in [1.29, 1.82) is 0 Å². The number of carboxylic acids is 1. The molecule has 98 valence electrons. The Morgan fingerprint density at radius 3 is 2.76 bits per heavy atom. The number of carboxylic acid groups (broad SMARTS) is 1. The number of carbonyl (C=O) groups is 1. The highest BCUT2D eigenvalue weighted by Crippen LogP contribution is 2.36. The maximum atomic E-state index is 11.2. The Morgan fingerprint density at radius 1 is 1.47 bits per heavy atom. The van der Waals surface area contributed by atoms with Gasteiger partial charge < -0.3 is 15.7 Å². The molecule has 17 heavy (non-hydrogen) atoms. The van der Waals surface area contributed by atoms with Gasteiger partial charge in [-0.25, -0.2) is 0 Å². The Bertz CT molecular complexity index is 291. The van der Waals surface area contributed by atoms with E-state index in [1.165, 1.54) is 12.8 Å². The van der Waals surface area contributed by atoms with Gasteiger partial charge in [0.15, 0.2) is 0 Å². The maximum Gasteiger partial charge on any atom is 0.323 e. The van der Waals surface area contributed by atoms with E-state index in [2.05, 4.69) is 11.9 Å². The van der Waals surface area contributed by atoms with E-state index in [1.54, 1.807) is 0 Å². The summed E-state index contributed by atoms with van der Waals surface area (Å²) < 4.78 is 0. The van der Waals surface area contributed by atoms with Crippen LogP contribution in [-0.2, 0) is 4.79 Å². The molecule has 2 fully saturated rings. The van der Waals surface area contributed by atoms with Crippen LogP contribution in [0.4, 0.5) is 0 Å². The van der Waals surface area contributed by atoms with Gasteiger partial charge in [-0.2, -0.15) is 0 Å². The second kappa shape index (κ2) is 4.94. The zero-order valence-corrected chi connectivity index (χ0v) is 10.7. The number of hydrogen-bond donors (Lipinski definition) is 2. The van der Waals surface area contributed by atoms with Crippen LogP contribution in [0.3, 0.4) is 0 Å². The first-order valence-corrected chi connectivity index (χ1v) is 6.73. The van der Waals surface area contributed by atoms with Gasteiger partial charge in [-0.1, -0.05) is 6.42 Å². The fourth-order valence-electron chi connectivity index (χ4n) is 2.99. The molecule has 0 heterocycles.